The number of ether oxygens (including phenoxy) is 1. The number of rotatable bonds is 4. The molecule has 0 aromatic heterocycles. The lowest BCUT2D eigenvalue weighted by Gasteiger charge is -2.43. The van der Waals surface area contributed by atoms with E-state index in [2.05, 4.69) is 0 Å². The molecule has 1 aliphatic rings. The lowest BCUT2D eigenvalue weighted by molar-refractivity contribution is -0.145. The van der Waals surface area contributed by atoms with E-state index in [-0.39, 0.29) is 6.61 Å². The molecule has 0 amide bonds. The lowest BCUT2D eigenvalue weighted by atomic mass is 9.95. The normalized spacial score (nSPS) is 17.7. The number of hydrogen-bond donors (Lipinski definition) is 2. The van der Waals surface area contributed by atoms with Crippen molar-refractivity contribution in [3.05, 3.63) is 11.0 Å². The molecule has 0 bridgehead atoms. The monoisotopic (exact) mass is 248 g/mol. The predicted octanol–water partition coefficient (Wildman–Crippen LogP) is 3.15. The number of carbonyl (C=O) groups excluding carboxylic acids is 1. The third-order valence-electron chi connectivity index (χ3n) is 2.84. The Morgan fingerprint density at radius 1 is 1.50 bits per heavy atom. The summed E-state index contributed by atoms with van der Waals surface area (Å²) in [7, 11) is -3.08. The maximum atomic E-state index is 11.6. The maximum Gasteiger partial charge on any atom is 0.331 e. The molecule has 0 saturated heterocycles. The molecule has 0 aromatic carbocycles. The van der Waals surface area contributed by atoms with Crippen molar-refractivity contribution in [1.29, 1.82) is 0 Å². The van der Waals surface area contributed by atoms with Gasteiger partial charge in [-0.15, -0.1) is 0 Å². The van der Waals surface area contributed by atoms with Crippen LogP contribution in [-0.4, -0.2) is 26.4 Å². The van der Waals surface area contributed by atoms with Crippen molar-refractivity contribution in [3.63, 3.8) is 0 Å². The molecule has 4 nitrogen and oxygen atoms in total. The molecular formula is C11H20O4S. The van der Waals surface area contributed by atoms with Crippen molar-refractivity contribution in [2.75, 3.05) is 6.61 Å². The highest BCUT2D eigenvalue weighted by atomic mass is 32.3. The van der Waals surface area contributed by atoms with Gasteiger partial charge in [0.2, 0.25) is 0 Å². The minimum absolute atomic E-state index is 0.244. The average molecular weight is 248 g/mol. The first-order valence-corrected chi connectivity index (χ1v) is 7.06. The van der Waals surface area contributed by atoms with E-state index in [1.807, 2.05) is 0 Å². The van der Waals surface area contributed by atoms with Crippen LogP contribution >= 0.6 is 10.6 Å². The van der Waals surface area contributed by atoms with Crippen LogP contribution in [0.15, 0.2) is 11.0 Å². The zero-order chi connectivity index (χ0) is 12.4. The summed E-state index contributed by atoms with van der Waals surface area (Å²) in [4.78, 5) is 11.6. The van der Waals surface area contributed by atoms with Crippen LogP contribution in [0.5, 0.6) is 0 Å². The van der Waals surface area contributed by atoms with Gasteiger partial charge in [-0.05, 0) is 40.0 Å². The van der Waals surface area contributed by atoms with E-state index in [0.717, 1.165) is 24.8 Å². The molecule has 1 saturated carbocycles. The summed E-state index contributed by atoms with van der Waals surface area (Å²) in [5.41, 5.74) is 1.03. The van der Waals surface area contributed by atoms with Crippen molar-refractivity contribution in [3.8, 4) is 0 Å². The highest BCUT2D eigenvalue weighted by molar-refractivity contribution is 8.28. The molecule has 2 N–H and O–H groups in total. The Kier molecular flexibility index (Phi) is 4.04. The smallest absolute Gasteiger partial charge is 0.331 e. The van der Waals surface area contributed by atoms with Crippen molar-refractivity contribution in [1.82, 2.24) is 0 Å². The Balaban J connectivity index is 2.82. The quantitative estimate of drug-likeness (QED) is 0.750. The van der Waals surface area contributed by atoms with Gasteiger partial charge in [0.25, 0.3) is 0 Å². The van der Waals surface area contributed by atoms with Gasteiger partial charge in [-0.2, -0.15) is 10.6 Å². The van der Waals surface area contributed by atoms with Crippen LogP contribution in [0.2, 0.25) is 0 Å². The largest absolute Gasteiger partial charge is 0.464 e. The summed E-state index contributed by atoms with van der Waals surface area (Å²) < 4.78 is 23.7. The second-order valence-electron chi connectivity index (χ2n) is 4.45. The first-order chi connectivity index (χ1) is 7.31. The summed E-state index contributed by atoms with van der Waals surface area (Å²) in [6.07, 6.45) is 2.88. The maximum absolute atomic E-state index is 11.6. The van der Waals surface area contributed by atoms with E-state index < -0.39 is 21.3 Å². The molecule has 0 atom stereocenters. The Bertz CT molecular complexity index is 301. The fraction of sp³-hybridized carbons (Fsp3) is 0.727. The molecule has 5 heteroatoms. The Hall–Kier alpha value is -0.520. The van der Waals surface area contributed by atoms with E-state index in [0.29, 0.717) is 0 Å². The Morgan fingerprint density at radius 3 is 2.44 bits per heavy atom. The molecule has 0 unspecified atom stereocenters. The SMILES string of the molecule is CCOC(=O)C(C)(C)S(O)(O)C=C1CCC1. The van der Waals surface area contributed by atoms with Gasteiger partial charge in [0.1, 0.15) is 0 Å². The van der Waals surface area contributed by atoms with Crippen LogP contribution in [0.25, 0.3) is 0 Å². The second kappa shape index (κ2) is 4.77. The van der Waals surface area contributed by atoms with Crippen LogP contribution in [0.3, 0.4) is 0 Å². The Morgan fingerprint density at radius 2 is 2.06 bits per heavy atom. The summed E-state index contributed by atoms with van der Waals surface area (Å²) in [6, 6.07) is 0. The minimum atomic E-state index is -3.08. The van der Waals surface area contributed by atoms with E-state index in [4.69, 9.17) is 4.74 Å². The van der Waals surface area contributed by atoms with Gasteiger partial charge in [0.15, 0.2) is 4.75 Å². The third-order valence-corrected chi connectivity index (χ3v) is 5.18. The molecule has 0 spiro atoms. The highest BCUT2D eigenvalue weighted by Crippen LogP contribution is 2.56. The van der Waals surface area contributed by atoms with Crippen LogP contribution < -0.4 is 0 Å². The third kappa shape index (κ3) is 2.59. The van der Waals surface area contributed by atoms with Crippen LogP contribution in [0.4, 0.5) is 0 Å². The van der Waals surface area contributed by atoms with Crippen molar-refractivity contribution >= 4 is 16.6 Å². The topological polar surface area (TPSA) is 66.8 Å². The van der Waals surface area contributed by atoms with Crippen LogP contribution in [-0.2, 0) is 9.53 Å². The summed E-state index contributed by atoms with van der Waals surface area (Å²) in [6.45, 7) is 4.96. The fourth-order valence-corrected chi connectivity index (χ4v) is 2.61. The van der Waals surface area contributed by atoms with Gasteiger partial charge in [-0.25, -0.2) is 4.79 Å². The molecule has 1 aliphatic carbocycles. The summed E-state index contributed by atoms with van der Waals surface area (Å²) in [5, 5.41) is 1.47. The molecule has 94 valence electrons. The van der Waals surface area contributed by atoms with Crippen molar-refractivity contribution in [2.45, 2.75) is 44.8 Å². The first-order valence-electron chi connectivity index (χ1n) is 5.45. The molecule has 0 heterocycles. The average Bonchev–Trinajstić information content (AvgIpc) is 2.12. The highest BCUT2D eigenvalue weighted by Gasteiger charge is 2.42. The standard InChI is InChI=1S/C11H20O4S/c1-4-15-10(12)11(2,3)16(13,14)8-9-6-5-7-9/h8,13-14H,4-7H2,1-3H3. The summed E-state index contributed by atoms with van der Waals surface area (Å²) >= 11 is 0. The zero-order valence-corrected chi connectivity index (χ0v) is 10.8. The molecule has 0 aromatic rings. The number of allylic oxidation sites excluding steroid dienone is 1. The second-order valence-corrected chi connectivity index (χ2v) is 6.90. The minimum Gasteiger partial charge on any atom is -0.464 e. The molecule has 0 aliphatic heterocycles. The molecule has 1 fully saturated rings. The van der Waals surface area contributed by atoms with Crippen LogP contribution in [0, 0.1) is 0 Å². The van der Waals surface area contributed by atoms with Crippen molar-refractivity contribution < 1.29 is 18.6 Å². The number of carbonyl (C=O) groups is 1. The Labute approximate surface area is 98.0 Å². The number of esters is 1. The van der Waals surface area contributed by atoms with E-state index in [1.165, 1.54) is 19.3 Å². The predicted molar refractivity (Wildman–Crippen MR) is 65.5 cm³/mol. The molecule has 16 heavy (non-hydrogen) atoms. The van der Waals surface area contributed by atoms with E-state index >= 15 is 0 Å². The first kappa shape index (κ1) is 13.5. The lowest BCUT2D eigenvalue weighted by Crippen LogP contribution is -2.38. The molecular weight excluding hydrogens is 228 g/mol. The van der Waals surface area contributed by atoms with Gasteiger partial charge in [-0.3, -0.25) is 9.11 Å². The van der Waals surface area contributed by atoms with E-state index in [9.17, 15) is 13.9 Å². The zero-order valence-electron chi connectivity index (χ0n) is 10.0. The van der Waals surface area contributed by atoms with Gasteiger partial charge in [0, 0.05) is 5.41 Å². The van der Waals surface area contributed by atoms with Gasteiger partial charge >= 0.3 is 5.97 Å². The summed E-state index contributed by atoms with van der Waals surface area (Å²) in [5.74, 6) is -0.564. The molecule has 1 rings (SSSR count). The fourth-order valence-electron chi connectivity index (χ4n) is 1.31. The van der Waals surface area contributed by atoms with Crippen molar-refractivity contribution in [2.24, 2.45) is 0 Å². The van der Waals surface area contributed by atoms with E-state index in [1.54, 1.807) is 6.92 Å². The van der Waals surface area contributed by atoms with Gasteiger partial charge in [-0.1, -0.05) is 5.57 Å². The van der Waals surface area contributed by atoms with Crippen LogP contribution in [0.1, 0.15) is 40.0 Å². The number of hydrogen-bond acceptors (Lipinski definition) is 4. The molecule has 0 radical (unpaired) electrons. The van der Waals surface area contributed by atoms with Gasteiger partial charge < -0.3 is 4.74 Å². The van der Waals surface area contributed by atoms with Gasteiger partial charge in [0.05, 0.1) is 6.61 Å².